The van der Waals surface area contributed by atoms with E-state index in [1.54, 1.807) is 32.2 Å². The summed E-state index contributed by atoms with van der Waals surface area (Å²) in [5.41, 5.74) is 0.108. The molecule has 1 fully saturated rings. The van der Waals surface area contributed by atoms with Gasteiger partial charge in [0.1, 0.15) is 23.3 Å². The smallest absolute Gasteiger partial charge is 0.229 e. The van der Waals surface area contributed by atoms with Crippen molar-refractivity contribution < 1.29 is 18.3 Å². The molecule has 2 aromatic heterocycles. The third kappa shape index (κ3) is 4.49. The minimum atomic E-state index is -0.892. The third-order valence-electron chi connectivity index (χ3n) is 5.35. The molecule has 0 radical (unpaired) electrons. The minimum absolute atomic E-state index is 0.0370. The van der Waals surface area contributed by atoms with Crippen molar-refractivity contribution in [3.63, 3.8) is 0 Å². The number of hydrogen-bond acceptors (Lipinski definition) is 5. The molecule has 0 unspecified atom stereocenters. The number of nitrogens with one attached hydrogen (secondary N) is 1. The van der Waals surface area contributed by atoms with E-state index < -0.39 is 23.0 Å². The molecule has 31 heavy (non-hydrogen) atoms. The lowest BCUT2D eigenvalue weighted by atomic mass is 9.93. The zero-order valence-corrected chi connectivity index (χ0v) is 17.6. The van der Waals surface area contributed by atoms with E-state index in [0.717, 1.165) is 6.07 Å². The number of ether oxygens (including phenoxy) is 1. The van der Waals surface area contributed by atoms with Gasteiger partial charge < -0.3 is 10.1 Å². The van der Waals surface area contributed by atoms with Crippen LogP contribution in [0, 0.1) is 31.4 Å². The Morgan fingerprint density at radius 3 is 2.58 bits per heavy atom. The molecule has 0 saturated heterocycles. The molecule has 1 aromatic carbocycles. The molecular weight excluding hydrogens is 426 g/mol. The minimum Gasteiger partial charge on any atom is -0.489 e. The Kier molecular flexibility index (Phi) is 5.58. The second kappa shape index (κ2) is 8.19. The topological polar surface area (TPSA) is 77.0 Å². The van der Waals surface area contributed by atoms with Crippen molar-refractivity contribution in [1.29, 1.82) is 0 Å². The fraction of sp³-hybridized carbons (Fsp3) is 0.273. The normalized spacial score (nSPS) is 19.7. The molecule has 2 atom stereocenters. The predicted molar refractivity (Wildman–Crippen MR) is 111 cm³/mol. The van der Waals surface area contributed by atoms with Crippen LogP contribution >= 0.6 is 11.6 Å². The molecule has 3 aromatic rings. The van der Waals surface area contributed by atoms with Crippen LogP contribution in [0.5, 0.6) is 5.75 Å². The van der Waals surface area contributed by atoms with Crippen LogP contribution in [0.2, 0.25) is 5.02 Å². The van der Waals surface area contributed by atoms with Crippen LogP contribution in [0.1, 0.15) is 23.5 Å². The van der Waals surface area contributed by atoms with Crippen LogP contribution < -0.4 is 10.1 Å². The average Bonchev–Trinajstić information content (AvgIpc) is 3.44. The Morgan fingerprint density at radius 1 is 1.19 bits per heavy atom. The molecule has 0 bridgehead atoms. The average molecular weight is 445 g/mol. The van der Waals surface area contributed by atoms with Crippen molar-refractivity contribution in [3.05, 3.63) is 76.5 Å². The van der Waals surface area contributed by atoms with E-state index in [9.17, 15) is 13.6 Å². The molecule has 1 saturated carbocycles. The predicted octanol–water partition coefficient (Wildman–Crippen LogP) is 4.40. The van der Waals surface area contributed by atoms with E-state index in [-0.39, 0.29) is 12.5 Å². The summed E-state index contributed by atoms with van der Waals surface area (Å²) in [5, 5.41) is 3.17. The van der Waals surface area contributed by atoms with Crippen molar-refractivity contribution in [3.8, 4) is 5.75 Å². The number of aryl methyl sites for hydroxylation is 2. The summed E-state index contributed by atoms with van der Waals surface area (Å²) in [4.78, 5) is 25.3. The molecule has 0 aliphatic heterocycles. The van der Waals surface area contributed by atoms with Crippen LogP contribution in [0.3, 0.4) is 0 Å². The monoisotopic (exact) mass is 444 g/mol. The molecule has 2 heterocycles. The number of aromatic nitrogens is 3. The number of amides is 1. The lowest BCUT2D eigenvalue weighted by Crippen LogP contribution is -2.27. The summed E-state index contributed by atoms with van der Waals surface area (Å²) >= 11 is 5.83. The van der Waals surface area contributed by atoms with Crippen LogP contribution in [-0.4, -0.2) is 27.5 Å². The highest BCUT2D eigenvalue weighted by atomic mass is 35.5. The maximum Gasteiger partial charge on any atom is 0.229 e. The molecule has 160 valence electrons. The number of benzene rings is 1. The number of pyridine rings is 1. The van der Waals surface area contributed by atoms with Gasteiger partial charge in [-0.2, -0.15) is 0 Å². The number of halogens is 3. The van der Waals surface area contributed by atoms with Crippen LogP contribution in [0.15, 0.2) is 42.7 Å². The van der Waals surface area contributed by atoms with Crippen molar-refractivity contribution in [2.24, 2.45) is 5.92 Å². The highest BCUT2D eigenvalue weighted by Gasteiger charge is 2.60. The summed E-state index contributed by atoms with van der Waals surface area (Å²) in [7, 11) is 0. The second-order valence-corrected chi connectivity index (χ2v) is 8.01. The summed E-state index contributed by atoms with van der Waals surface area (Å²) in [5.74, 6) is -0.912. The SMILES string of the molecule is Cc1ncc(OC[C@@]2(c3cc(F)cc(F)c3)C[C@H]2C(=O)Nc2ccc(Cl)cn2)c(C)n1. The molecular formula is C22H19ClF2N4O2. The first-order valence-corrected chi connectivity index (χ1v) is 9.97. The largest absolute Gasteiger partial charge is 0.489 e. The Labute approximate surface area is 182 Å². The molecule has 6 nitrogen and oxygen atoms in total. The van der Waals surface area contributed by atoms with Gasteiger partial charge in [-0.1, -0.05) is 11.6 Å². The zero-order valence-electron chi connectivity index (χ0n) is 16.8. The summed E-state index contributed by atoms with van der Waals surface area (Å²) in [6, 6.07) is 6.45. The van der Waals surface area contributed by atoms with E-state index in [0.29, 0.717) is 40.1 Å². The van der Waals surface area contributed by atoms with E-state index in [4.69, 9.17) is 16.3 Å². The molecule has 1 aliphatic carbocycles. The molecule has 9 heteroatoms. The number of rotatable bonds is 6. The first-order valence-electron chi connectivity index (χ1n) is 9.59. The maximum atomic E-state index is 13.9. The Hall–Kier alpha value is -3.13. The van der Waals surface area contributed by atoms with Crippen molar-refractivity contribution in [2.45, 2.75) is 25.7 Å². The molecule has 1 aliphatic rings. The van der Waals surface area contributed by atoms with Crippen LogP contribution in [-0.2, 0) is 10.2 Å². The maximum absolute atomic E-state index is 13.9. The van der Waals surface area contributed by atoms with Gasteiger partial charge >= 0.3 is 0 Å². The van der Waals surface area contributed by atoms with Gasteiger partial charge in [-0.05, 0) is 50.1 Å². The van der Waals surface area contributed by atoms with Gasteiger partial charge in [0.25, 0.3) is 0 Å². The van der Waals surface area contributed by atoms with Gasteiger partial charge in [-0.15, -0.1) is 0 Å². The number of carbonyl (C=O) groups excluding carboxylic acids is 1. The zero-order chi connectivity index (χ0) is 22.2. The van der Waals surface area contributed by atoms with E-state index in [1.807, 2.05) is 0 Å². The lowest BCUT2D eigenvalue weighted by molar-refractivity contribution is -0.117. The Bertz CT molecular complexity index is 1120. The molecule has 1 N–H and O–H groups in total. The van der Waals surface area contributed by atoms with Gasteiger partial charge in [0.05, 0.1) is 29.4 Å². The molecule has 4 rings (SSSR count). The fourth-order valence-electron chi connectivity index (χ4n) is 3.64. The fourth-order valence-corrected chi connectivity index (χ4v) is 3.75. The second-order valence-electron chi connectivity index (χ2n) is 7.58. The Balaban J connectivity index is 1.59. The Morgan fingerprint density at radius 2 is 1.94 bits per heavy atom. The van der Waals surface area contributed by atoms with E-state index >= 15 is 0 Å². The van der Waals surface area contributed by atoms with Gasteiger partial charge in [-0.25, -0.2) is 23.7 Å². The van der Waals surface area contributed by atoms with Gasteiger partial charge in [0.2, 0.25) is 5.91 Å². The van der Waals surface area contributed by atoms with Crippen molar-refractivity contribution in [1.82, 2.24) is 15.0 Å². The quantitative estimate of drug-likeness (QED) is 0.610. The van der Waals surface area contributed by atoms with Crippen molar-refractivity contribution in [2.75, 3.05) is 11.9 Å². The van der Waals surface area contributed by atoms with E-state index in [2.05, 4.69) is 20.3 Å². The molecule has 1 amide bonds. The van der Waals surface area contributed by atoms with E-state index in [1.165, 1.54) is 18.3 Å². The summed E-state index contributed by atoms with van der Waals surface area (Å²) in [6.07, 6.45) is 3.33. The summed E-state index contributed by atoms with van der Waals surface area (Å²) < 4.78 is 33.8. The summed E-state index contributed by atoms with van der Waals surface area (Å²) in [6.45, 7) is 3.58. The first-order chi connectivity index (χ1) is 14.8. The van der Waals surface area contributed by atoms with Crippen molar-refractivity contribution >= 4 is 23.3 Å². The molecule has 0 spiro atoms. The lowest BCUT2D eigenvalue weighted by Gasteiger charge is -2.20. The van der Waals surface area contributed by atoms with Gasteiger partial charge in [0, 0.05) is 17.7 Å². The van der Waals surface area contributed by atoms with Crippen LogP contribution in [0.4, 0.5) is 14.6 Å². The standard InChI is InChI=1S/C22H19ClF2N4O2/c1-12-19(10-26-13(2)28-12)31-11-22(14-5-16(24)7-17(25)6-14)8-18(22)21(30)29-20-4-3-15(23)9-27-20/h3-7,9-10,18H,8,11H2,1-2H3,(H,27,29,30)/t18-,22+/m0/s1. The highest BCUT2D eigenvalue weighted by Crippen LogP contribution is 2.55. The number of hydrogen-bond donors (Lipinski definition) is 1. The first kappa shape index (κ1) is 21.1. The number of nitrogens with zero attached hydrogens (tertiary/aromatic N) is 3. The number of carbonyl (C=O) groups is 1. The highest BCUT2D eigenvalue weighted by molar-refractivity contribution is 6.30. The van der Waals surface area contributed by atoms with Crippen LogP contribution in [0.25, 0.3) is 0 Å². The third-order valence-corrected chi connectivity index (χ3v) is 5.57. The van der Waals surface area contributed by atoms with Gasteiger partial charge in [0.15, 0.2) is 5.75 Å². The van der Waals surface area contributed by atoms with Gasteiger partial charge in [-0.3, -0.25) is 4.79 Å². The number of anilines is 1.